The Morgan fingerprint density at radius 3 is 2.75 bits per heavy atom. The Kier molecular flexibility index (Phi) is 8.96. The molecule has 1 aromatic carbocycles. The molecule has 2 aromatic rings. The van der Waals surface area contributed by atoms with Gasteiger partial charge in [-0.15, -0.1) is 12.4 Å². The number of likely N-dealkylation sites (tertiary alicyclic amines) is 1. The van der Waals surface area contributed by atoms with Crippen LogP contribution in [0.4, 0.5) is 8.78 Å². The summed E-state index contributed by atoms with van der Waals surface area (Å²) in [4.78, 5) is 18.9. The summed E-state index contributed by atoms with van der Waals surface area (Å²) in [7, 11) is 0. The largest absolute Gasteiger partial charge is 0.352 e. The molecule has 4 rings (SSSR count). The SMILES string of the molecule is Cl.O=C(CCC[C@H]1NCC2CC1CN(Cc1cccnc1)C2)NCc1cc(F)cc(F)c1. The van der Waals surface area contributed by atoms with Crippen LogP contribution in [0.15, 0.2) is 42.7 Å². The van der Waals surface area contributed by atoms with Crippen LogP contribution in [-0.2, 0) is 17.9 Å². The lowest BCUT2D eigenvalue weighted by Crippen LogP contribution is -2.55. The summed E-state index contributed by atoms with van der Waals surface area (Å²) < 4.78 is 26.5. The van der Waals surface area contributed by atoms with E-state index in [2.05, 4.69) is 26.6 Å². The Balaban J connectivity index is 0.00000289. The van der Waals surface area contributed by atoms with Gasteiger partial charge in [-0.05, 0) is 67.0 Å². The topological polar surface area (TPSA) is 57.3 Å². The lowest BCUT2D eigenvalue weighted by molar-refractivity contribution is -0.121. The van der Waals surface area contributed by atoms with Gasteiger partial charge >= 0.3 is 0 Å². The Hall–Kier alpha value is -2.09. The molecule has 0 aliphatic carbocycles. The van der Waals surface area contributed by atoms with Crippen LogP contribution in [-0.4, -0.2) is 41.5 Å². The molecule has 2 bridgehead atoms. The molecular formula is C24H31ClF2N4O. The first-order valence-electron chi connectivity index (χ1n) is 11.1. The highest BCUT2D eigenvalue weighted by Crippen LogP contribution is 2.31. The number of hydrogen-bond acceptors (Lipinski definition) is 4. The Morgan fingerprint density at radius 1 is 1.19 bits per heavy atom. The fraction of sp³-hybridized carbons (Fsp3) is 0.500. The highest BCUT2D eigenvalue weighted by Gasteiger charge is 2.36. The van der Waals surface area contributed by atoms with Crippen LogP contribution in [0.1, 0.15) is 36.8 Å². The number of halogens is 3. The Morgan fingerprint density at radius 2 is 2.00 bits per heavy atom. The molecule has 2 fully saturated rings. The molecule has 5 nitrogen and oxygen atoms in total. The zero-order valence-corrected chi connectivity index (χ0v) is 18.9. The number of nitrogens with one attached hydrogen (secondary N) is 2. The van der Waals surface area contributed by atoms with E-state index < -0.39 is 11.6 Å². The highest BCUT2D eigenvalue weighted by atomic mass is 35.5. The normalized spacial score (nSPS) is 22.8. The van der Waals surface area contributed by atoms with Crippen molar-refractivity contribution in [1.82, 2.24) is 20.5 Å². The molecule has 2 aliphatic rings. The average molecular weight is 465 g/mol. The van der Waals surface area contributed by atoms with Crippen LogP contribution in [0.2, 0.25) is 0 Å². The summed E-state index contributed by atoms with van der Waals surface area (Å²) in [6.07, 6.45) is 7.17. The van der Waals surface area contributed by atoms with Crippen LogP contribution < -0.4 is 10.6 Å². The lowest BCUT2D eigenvalue weighted by atomic mass is 9.79. The number of rotatable bonds is 8. The third-order valence-corrected chi connectivity index (χ3v) is 6.34. The Labute approximate surface area is 194 Å². The minimum atomic E-state index is -0.629. The molecule has 3 heterocycles. The molecule has 8 heteroatoms. The Bertz CT molecular complexity index is 865. The molecule has 2 N–H and O–H groups in total. The van der Waals surface area contributed by atoms with E-state index in [1.807, 2.05) is 12.3 Å². The molecule has 1 amide bonds. The zero-order chi connectivity index (χ0) is 21.6. The number of nitrogens with zero attached hydrogens (tertiary/aromatic N) is 2. The number of piperidine rings is 2. The van der Waals surface area contributed by atoms with Crippen LogP contribution in [0.3, 0.4) is 0 Å². The van der Waals surface area contributed by atoms with Gasteiger partial charge in [0.1, 0.15) is 11.6 Å². The number of hydrogen-bond donors (Lipinski definition) is 2. The maximum atomic E-state index is 13.2. The number of benzene rings is 1. The predicted octanol–water partition coefficient (Wildman–Crippen LogP) is 3.68. The van der Waals surface area contributed by atoms with Crippen molar-refractivity contribution in [1.29, 1.82) is 0 Å². The molecule has 1 aromatic heterocycles. The fourth-order valence-electron chi connectivity index (χ4n) is 4.97. The second kappa shape index (κ2) is 11.7. The van der Waals surface area contributed by atoms with E-state index in [0.717, 1.165) is 45.1 Å². The van der Waals surface area contributed by atoms with Gasteiger partial charge in [-0.2, -0.15) is 0 Å². The number of fused-ring (bicyclic) bond motifs is 2. The van der Waals surface area contributed by atoms with Crippen molar-refractivity contribution in [3.63, 3.8) is 0 Å². The van der Waals surface area contributed by atoms with Gasteiger partial charge < -0.3 is 10.6 Å². The number of amides is 1. The van der Waals surface area contributed by atoms with Crippen molar-refractivity contribution >= 4 is 18.3 Å². The van der Waals surface area contributed by atoms with Crippen molar-refractivity contribution in [2.45, 2.75) is 44.8 Å². The van der Waals surface area contributed by atoms with E-state index in [0.29, 0.717) is 29.9 Å². The number of carbonyl (C=O) groups excluding carboxylic acids is 1. The number of aromatic nitrogens is 1. The molecule has 174 valence electrons. The first-order valence-corrected chi connectivity index (χ1v) is 11.1. The van der Waals surface area contributed by atoms with E-state index in [1.54, 1.807) is 6.20 Å². The molecule has 3 atom stereocenters. The van der Waals surface area contributed by atoms with E-state index in [1.165, 1.54) is 24.1 Å². The first-order chi connectivity index (χ1) is 15.0. The van der Waals surface area contributed by atoms with Crippen LogP contribution in [0.25, 0.3) is 0 Å². The quantitative estimate of drug-likeness (QED) is 0.625. The lowest BCUT2D eigenvalue weighted by Gasteiger charge is -2.46. The van der Waals surface area contributed by atoms with Crippen LogP contribution in [0.5, 0.6) is 0 Å². The monoisotopic (exact) mass is 464 g/mol. The standard InChI is InChI=1S/C24H30F2N4O.ClH/c25-21-8-18(9-22(26)10-21)12-29-24(31)5-1-4-23-20-7-19(13-28-23)15-30(16-20)14-17-3-2-6-27-11-17;/h2-3,6,8-11,19-20,23,28H,1,4-5,7,12-16H2,(H,29,31);1H/t19?,20?,23-;/m1./s1. The minimum Gasteiger partial charge on any atom is -0.352 e. The van der Waals surface area contributed by atoms with Gasteiger partial charge in [-0.25, -0.2) is 8.78 Å². The van der Waals surface area contributed by atoms with Crippen molar-refractivity contribution in [3.8, 4) is 0 Å². The van der Waals surface area contributed by atoms with Crippen molar-refractivity contribution in [2.75, 3.05) is 19.6 Å². The minimum absolute atomic E-state index is 0. The van der Waals surface area contributed by atoms with E-state index >= 15 is 0 Å². The number of carbonyl (C=O) groups is 1. The molecule has 2 unspecified atom stereocenters. The zero-order valence-electron chi connectivity index (χ0n) is 18.1. The predicted molar refractivity (Wildman–Crippen MR) is 122 cm³/mol. The van der Waals surface area contributed by atoms with E-state index in [9.17, 15) is 13.6 Å². The fourth-order valence-corrected chi connectivity index (χ4v) is 4.97. The summed E-state index contributed by atoms with van der Waals surface area (Å²) in [5.41, 5.74) is 1.68. The first kappa shape index (κ1) is 24.6. The second-order valence-corrected chi connectivity index (χ2v) is 8.88. The summed E-state index contributed by atoms with van der Waals surface area (Å²) in [6, 6.07) is 7.86. The van der Waals surface area contributed by atoms with Crippen molar-refractivity contribution < 1.29 is 13.6 Å². The molecule has 0 saturated carbocycles. The maximum absolute atomic E-state index is 13.2. The van der Waals surface area contributed by atoms with Gasteiger partial charge in [-0.1, -0.05) is 6.07 Å². The van der Waals surface area contributed by atoms with Gasteiger partial charge in [0.2, 0.25) is 5.91 Å². The van der Waals surface area contributed by atoms with Crippen molar-refractivity contribution in [3.05, 3.63) is 65.5 Å². The van der Waals surface area contributed by atoms with E-state index in [-0.39, 0.29) is 24.9 Å². The molecule has 0 spiro atoms. The molecule has 32 heavy (non-hydrogen) atoms. The smallest absolute Gasteiger partial charge is 0.220 e. The molecular weight excluding hydrogens is 434 g/mol. The second-order valence-electron chi connectivity index (χ2n) is 8.88. The molecule has 2 aliphatic heterocycles. The third kappa shape index (κ3) is 6.95. The number of pyridine rings is 1. The summed E-state index contributed by atoms with van der Waals surface area (Å²) in [5, 5.41) is 6.46. The van der Waals surface area contributed by atoms with Gasteiger partial charge in [0, 0.05) is 57.1 Å². The maximum Gasteiger partial charge on any atom is 0.220 e. The summed E-state index contributed by atoms with van der Waals surface area (Å²) in [6.45, 7) is 4.30. The van der Waals surface area contributed by atoms with Gasteiger partial charge in [-0.3, -0.25) is 14.7 Å². The molecule has 2 saturated heterocycles. The van der Waals surface area contributed by atoms with Gasteiger partial charge in [0.25, 0.3) is 0 Å². The van der Waals surface area contributed by atoms with Crippen LogP contribution >= 0.6 is 12.4 Å². The molecule has 0 radical (unpaired) electrons. The highest BCUT2D eigenvalue weighted by molar-refractivity contribution is 5.85. The summed E-state index contributed by atoms with van der Waals surface area (Å²) >= 11 is 0. The third-order valence-electron chi connectivity index (χ3n) is 6.34. The average Bonchev–Trinajstić information content (AvgIpc) is 2.74. The van der Waals surface area contributed by atoms with E-state index in [4.69, 9.17) is 0 Å². The van der Waals surface area contributed by atoms with Gasteiger partial charge in [0.05, 0.1) is 0 Å². The van der Waals surface area contributed by atoms with Gasteiger partial charge in [0.15, 0.2) is 0 Å². The van der Waals surface area contributed by atoms with Crippen molar-refractivity contribution in [2.24, 2.45) is 11.8 Å². The summed E-state index contributed by atoms with van der Waals surface area (Å²) in [5.74, 6) is -0.0590. The van der Waals surface area contributed by atoms with Crippen LogP contribution in [0, 0.1) is 23.5 Å².